The van der Waals surface area contributed by atoms with Crippen molar-refractivity contribution in [1.29, 1.82) is 0 Å². The highest BCUT2D eigenvalue weighted by Crippen LogP contribution is 2.32. The smallest absolute Gasteiger partial charge is 0.416 e. The fourth-order valence-corrected chi connectivity index (χ4v) is 4.33. The maximum absolute atomic E-state index is 13.4. The monoisotopic (exact) mass is 543 g/mol. The number of fused-ring (bicyclic) bond motifs is 1. The van der Waals surface area contributed by atoms with Crippen LogP contribution in [0.25, 0.3) is 11.0 Å². The highest BCUT2D eigenvalue weighted by atomic mass is 19.4. The van der Waals surface area contributed by atoms with Crippen molar-refractivity contribution in [1.82, 2.24) is 19.1 Å². The molecule has 0 bridgehead atoms. The minimum atomic E-state index is -4.56. The molecule has 11 heteroatoms. The largest absolute Gasteiger partial charge is 0.460 e. The number of rotatable bonds is 10. The molecular formula is C28H32F3N5O3. The Labute approximate surface area is 223 Å². The van der Waals surface area contributed by atoms with Crippen molar-refractivity contribution in [2.24, 2.45) is 0 Å². The average Bonchev–Trinajstić information content (AvgIpc) is 3.43. The Kier molecular flexibility index (Phi) is 8.17. The van der Waals surface area contributed by atoms with Crippen LogP contribution in [-0.2, 0) is 22.3 Å². The van der Waals surface area contributed by atoms with E-state index in [1.54, 1.807) is 27.0 Å². The summed E-state index contributed by atoms with van der Waals surface area (Å²) < 4.78 is 48.4. The average molecular weight is 544 g/mol. The molecule has 2 N–H and O–H groups in total. The Morgan fingerprint density at radius 3 is 2.56 bits per heavy atom. The van der Waals surface area contributed by atoms with Crippen LogP contribution in [0.1, 0.15) is 57.2 Å². The van der Waals surface area contributed by atoms with Crippen LogP contribution >= 0.6 is 0 Å². The first kappa shape index (κ1) is 28.0. The molecule has 0 amide bonds. The van der Waals surface area contributed by atoms with Gasteiger partial charge in [0.1, 0.15) is 5.60 Å². The SMILES string of the molecule is CC(C)(C)OC(=O)CC(c1cccc(C(F)(F)F)c1)n1ccn(CCCCNc2nc3ccccc3[nH]2)c1=O. The first-order valence-corrected chi connectivity index (χ1v) is 12.8. The molecule has 0 aliphatic carbocycles. The number of hydrogen-bond donors (Lipinski definition) is 2. The van der Waals surface area contributed by atoms with Crippen LogP contribution in [0.5, 0.6) is 0 Å². The number of anilines is 1. The number of halogens is 3. The Morgan fingerprint density at radius 2 is 1.85 bits per heavy atom. The molecule has 0 fully saturated rings. The van der Waals surface area contributed by atoms with Crippen molar-refractivity contribution in [3.8, 4) is 0 Å². The van der Waals surface area contributed by atoms with Crippen molar-refractivity contribution in [3.05, 3.63) is 82.5 Å². The topological polar surface area (TPSA) is 93.9 Å². The van der Waals surface area contributed by atoms with Crippen LogP contribution in [0.2, 0.25) is 0 Å². The number of nitrogens with one attached hydrogen (secondary N) is 2. The van der Waals surface area contributed by atoms with E-state index in [1.165, 1.54) is 27.5 Å². The third-order valence-corrected chi connectivity index (χ3v) is 6.10. The van der Waals surface area contributed by atoms with Gasteiger partial charge in [-0.15, -0.1) is 0 Å². The molecule has 4 aromatic rings. The lowest BCUT2D eigenvalue weighted by Crippen LogP contribution is -2.31. The van der Waals surface area contributed by atoms with Gasteiger partial charge >= 0.3 is 17.8 Å². The van der Waals surface area contributed by atoms with Gasteiger partial charge in [-0.3, -0.25) is 13.9 Å². The zero-order chi connectivity index (χ0) is 28.2. The van der Waals surface area contributed by atoms with Crippen molar-refractivity contribution in [2.75, 3.05) is 11.9 Å². The number of aromatic amines is 1. The van der Waals surface area contributed by atoms with E-state index in [2.05, 4.69) is 15.3 Å². The lowest BCUT2D eigenvalue weighted by atomic mass is 10.0. The highest BCUT2D eigenvalue weighted by molar-refractivity contribution is 5.77. The summed E-state index contributed by atoms with van der Waals surface area (Å²) >= 11 is 0. The number of imidazole rings is 2. The maximum Gasteiger partial charge on any atom is 0.416 e. The summed E-state index contributed by atoms with van der Waals surface area (Å²) in [6, 6.07) is 11.5. The quantitative estimate of drug-likeness (QED) is 0.196. The van der Waals surface area contributed by atoms with E-state index in [4.69, 9.17) is 4.74 Å². The van der Waals surface area contributed by atoms with Gasteiger partial charge in [-0.2, -0.15) is 13.2 Å². The second-order valence-electron chi connectivity index (χ2n) is 10.3. The normalized spacial score (nSPS) is 13.0. The lowest BCUT2D eigenvalue weighted by molar-refractivity contribution is -0.155. The van der Waals surface area contributed by atoms with Gasteiger partial charge in [-0.1, -0.05) is 24.3 Å². The van der Waals surface area contributed by atoms with Crippen LogP contribution in [0.4, 0.5) is 19.1 Å². The fourth-order valence-electron chi connectivity index (χ4n) is 4.33. The van der Waals surface area contributed by atoms with E-state index in [9.17, 15) is 22.8 Å². The van der Waals surface area contributed by atoms with E-state index in [0.29, 0.717) is 25.5 Å². The first-order chi connectivity index (χ1) is 18.4. The summed E-state index contributed by atoms with van der Waals surface area (Å²) in [5, 5.41) is 3.23. The van der Waals surface area contributed by atoms with Crippen LogP contribution in [-0.4, -0.2) is 37.2 Å². The molecule has 2 aromatic carbocycles. The lowest BCUT2D eigenvalue weighted by Gasteiger charge is -2.23. The zero-order valence-electron chi connectivity index (χ0n) is 22.1. The second kappa shape index (κ2) is 11.4. The molecule has 4 rings (SSSR count). The molecule has 2 heterocycles. The molecule has 0 aliphatic rings. The van der Waals surface area contributed by atoms with Crippen molar-refractivity contribution < 1.29 is 22.7 Å². The van der Waals surface area contributed by atoms with Gasteiger partial charge in [-0.05, 0) is 63.4 Å². The van der Waals surface area contributed by atoms with Gasteiger partial charge in [0.25, 0.3) is 0 Å². The summed E-state index contributed by atoms with van der Waals surface area (Å²) in [5.74, 6) is 0.0619. The van der Waals surface area contributed by atoms with E-state index in [-0.39, 0.29) is 12.0 Å². The molecule has 0 aliphatic heterocycles. The van der Waals surface area contributed by atoms with E-state index in [1.807, 2.05) is 24.3 Å². The van der Waals surface area contributed by atoms with Gasteiger partial charge < -0.3 is 15.0 Å². The van der Waals surface area contributed by atoms with E-state index in [0.717, 1.165) is 29.6 Å². The summed E-state index contributed by atoms with van der Waals surface area (Å²) in [4.78, 5) is 33.6. The van der Waals surface area contributed by atoms with Gasteiger partial charge in [-0.25, -0.2) is 9.78 Å². The van der Waals surface area contributed by atoms with Gasteiger partial charge in [0.2, 0.25) is 5.95 Å². The number of H-pyrrole nitrogens is 1. The second-order valence-corrected chi connectivity index (χ2v) is 10.3. The third kappa shape index (κ3) is 7.30. The van der Waals surface area contributed by atoms with E-state index >= 15 is 0 Å². The zero-order valence-corrected chi connectivity index (χ0v) is 22.1. The molecule has 0 saturated carbocycles. The molecule has 1 atom stereocenters. The summed E-state index contributed by atoms with van der Waals surface area (Å²) in [6.45, 7) is 6.16. The van der Waals surface area contributed by atoms with Crippen LogP contribution in [0, 0.1) is 0 Å². The molecule has 1 unspecified atom stereocenters. The maximum atomic E-state index is 13.4. The number of carbonyl (C=O) groups is 1. The molecule has 8 nitrogen and oxygen atoms in total. The first-order valence-electron chi connectivity index (χ1n) is 12.8. The summed E-state index contributed by atoms with van der Waals surface area (Å²) in [5.41, 5.74) is -0.0254. The van der Waals surface area contributed by atoms with Gasteiger partial charge in [0, 0.05) is 25.5 Å². The molecular weight excluding hydrogens is 511 g/mol. The van der Waals surface area contributed by atoms with Gasteiger partial charge in [0.05, 0.1) is 29.1 Å². The third-order valence-electron chi connectivity index (χ3n) is 6.10. The number of esters is 1. The molecule has 2 aromatic heterocycles. The summed E-state index contributed by atoms with van der Waals surface area (Å²) in [6.07, 6.45) is -0.320. The number of hydrogen-bond acceptors (Lipinski definition) is 5. The molecule has 0 spiro atoms. The van der Waals surface area contributed by atoms with Crippen LogP contribution in [0.15, 0.2) is 65.7 Å². The Morgan fingerprint density at radius 1 is 1.08 bits per heavy atom. The van der Waals surface area contributed by atoms with Crippen molar-refractivity contribution in [3.63, 3.8) is 0 Å². The minimum Gasteiger partial charge on any atom is -0.460 e. The molecule has 39 heavy (non-hydrogen) atoms. The van der Waals surface area contributed by atoms with Crippen molar-refractivity contribution in [2.45, 2.75) is 64.4 Å². The number of unbranched alkanes of at least 4 members (excludes halogenated alkanes) is 1. The molecule has 0 saturated heterocycles. The highest BCUT2D eigenvalue weighted by Gasteiger charge is 2.32. The standard InChI is InChI=1S/C28H32F3N5O3/c1-27(2,3)39-24(37)18-23(19-9-8-10-20(17-19)28(29,30)31)36-16-15-35(26(36)38)14-7-6-13-32-25-33-21-11-4-5-12-22(21)34-25/h4-5,8-12,15-17,23H,6-7,13-14,18H2,1-3H3,(H2,32,33,34). The fraction of sp³-hybridized carbons (Fsp3) is 0.393. The number of aromatic nitrogens is 4. The predicted octanol–water partition coefficient (Wildman–Crippen LogP) is 5.76. The van der Waals surface area contributed by atoms with E-state index < -0.39 is 35.0 Å². The number of para-hydroxylation sites is 2. The molecule has 208 valence electrons. The number of nitrogens with zero attached hydrogens (tertiary/aromatic N) is 3. The predicted molar refractivity (Wildman–Crippen MR) is 143 cm³/mol. The minimum absolute atomic E-state index is 0.200. The van der Waals surface area contributed by atoms with Crippen molar-refractivity contribution >= 4 is 23.0 Å². The number of aryl methyl sites for hydroxylation is 1. The van der Waals surface area contributed by atoms with Crippen LogP contribution in [0.3, 0.4) is 0 Å². The number of alkyl halides is 3. The Bertz CT molecular complexity index is 1450. The number of benzene rings is 2. The van der Waals surface area contributed by atoms with Gasteiger partial charge in [0.15, 0.2) is 0 Å². The Balaban J connectivity index is 1.45. The molecule has 0 radical (unpaired) electrons. The number of ether oxygens (including phenoxy) is 1. The Hall–Kier alpha value is -4.02. The van der Waals surface area contributed by atoms with Crippen LogP contribution < -0.4 is 11.0 Å². The number of carbonyl (C=O) groups excluding carboxylic acids is 1. The summed E-state index contributed by atoms with van der Waals surface area (Å²) in [7, 11) is 0.